The van der Waals surface area contributed by atoms with E-state index in [1.165, 1.54) is 18.2 Å². The molecular formula is C28H24F4N2O2. The van der Waals surface area contributed by atoms with E-state index in [-0.39, 0.29) is 12.4 Å². The zero-order chi connectivity index (χ0) is 25.9. The van der Waals surface area contributed by atoms with Crippen LogP contribution < -0.4 is 4.74 Å². The standard InChI is InChI=1S/C28H24F4N2O2/c1-18(33-36-17-20-5-4-6-22(15-20)28(30,31)32)26-16-27(21-7-13-25(35-3)14-8-21)34(19(26)2)24-11-9-23(29)10-12-24/h4-16H,17H2,1-3H3/b33-18-. The van der Waals surface area contributed by atoms with Crippen LogP contribution >= 0.6 is 0 Å². The van der Waals surface area contributed by atoms with Gasteiger partial charge in [0.25, 0.3) is 0 Å². The summed E-state index contributed by atoms with van der Waals surface area (Å²) in [6, 6.07) is 20.6. The Kier molecular flexibility index (Phi) is 7.15. The lowest BCUT2D eigenvalue weighted by molar-refractivity contribution is -0.137. The van der Waals surface area contributed by atoms with Crippen LogP contribution in [-0.4, -0.2) is 17.4 Å². The quantitative estimate of drug-likeness (QED) is 0.150. The van der Waals surface area contributed by atoms with Gasteiger partial charge in [-0.3, -0.25) is 0 Å². The highest BCUT2D eigenvalue weighted by Crippen LogP contribution is 2.32. The minimum Gasteiger partial charge on any atom is -0.497 e. The minimum absolute atomic E-state index is 0.107. The molecule has 0 amide bonds. The Hall–Kier alpha value is -4.07. The number of rotatable bonds is 7. The van der Waals surface area contributed by atoms with E-state index in [2.05, 4.69) is 5.16 Å². The Balaban J connectivity index is 1.66. The van der Waals surface area contributed by atoms with Gasteiger partial charge in [0, 0.05) is 16.9 Å². The Morgan fingerprint density at radius 2 is 1.64 bits per heavy atom. The van der Waals surface area contributed by atoms with E-state index in [0.29, 0.717) is 11.3 Å². The summed E-state index contributed by atoms with van der Waals surface area (Å²) in [5.74, 6) is 0.381. The molecule has 0 saturated heterocycles. The van der Waals surface area contributed by atoms with Crippen molar-refractivity contribution in [2.45, 2.75) is 26.6 Å². The van der Waals surface area contributed by atoms with Crippen LogP contribution in [0.15, 0.2) is 84.0 Å². The van der Waals surface area contributed by atoms with Crippen molar-refractivity contribution >= 4 is 5.71 Å². The number of hydrogen-bond acceptors (Lipinski definition) is 3. The fraction of sp³-hybridized carbons (Fsp3) is 0.179. The van der Waals surface area contributed by atoms with Crippen molar-refractivity contribution in [1.82, 2.24) is 4.57 Å². The summed E-state index contributed by atoms with van der Waals surface area (Å²) in [6.07, 6.45) is -4.42. The molecule has 4 aromatic rings. The van der Waals surface area contributed by atoms with E-state index in [0.717, 1.165) is 46.1 Å². The number of ether oxygens (including phenoxy) is 1. The van der Waals surface area contributed by atoms with Crippen molar-refractivity contribution in [2.75, 3.05) is 7.11 Å². The van der Waals surface area contributed by atoms with Crippen LogP contribution in [0.1, 0.15) is 29.3 Å². The zero-order valence-corrected chi connectivity index (χ0v) is 19.9. The van der Waals surface area contributed by atoms with Gasteiger partial charge in [0.2, 0.25) is 0 Å². The van der Waals surface area contributed by atoms with E-state index < -0.39 is 11.7 Å². The number of aromatic nitrogens is 1. The Morgan fingerprint density at radius 3 is 2.28 bits per heavy atom. The smallest absolute Gasteiger partial charge is 0.416 e. The van der Waals surface area contributed by atoms with Gasteiger partial charge in [-0.15, -0.1) is 0 Å². The summed E-state index contributed by atoms with van der Waals surface area (Å²) in [7, 11) is 1.59. The summed E-state index contributed by atoms with van der Waals surface area (Å²) < 4.78 is 59.8. The molecule has 0 saturated carbocycles. The molecule has 0 aliphatic heterocycles. The monoisotopic (exact) mass is 496 g/mol. The maximum atomic E-state index is 13.6. The van der Waals surface area contributed by atoms with Crippen molar-refractivity contribution in [3.63, 3.8) is 0 Å². The SMILES string of the molecule is COc1ccc(-c2cc(/C(C)=N\OCc3cccc(C(F)(F)F)c3)c(C)n2-c2ccc(F)cc2)cc1. The summed E-state index contributed by atoms with van der Waals surface area (Å²) in [6.45, 7) is 3.57. The third kappa shape index (κ3) is 5.43. The van der Waals surface area contributed by atoms with Gasteiger partial charge < -0.3 is 14.1 Å². The predicted molar refractivity (Wildman–Crippen MR) is 131 cm³/mol. The van der Waals surface area contributed by atoms with Crippen LogP contribution in [0.4, 0.5) is 17.6 Å². The Labute approximate surface area is 206 Å². The first-order valence-electron chi connectivity index (χ1n) is 11.1. The lowest BCUT2D eigenvalue weighted by atomic mass is 10.1. The van der Waals surface area contributed by atoms with Gasteiger partial charge in [0.1, 0.15) is 18.2 Å². The molecule has 1 aromatic heterocycles. The number of halogens is 4. The first-order chi connectivity index (χ1) is 17.2. The molecule has 0 bridgehead atoms. The number of methoxy groups -OCH3 is 1. The third-order valence-electron chi connectivity index (χ3n) is 5.79. The molecule has 186 valence electrons. The largest absolute Gasteiger partial charge is 0.497 e. The van der Waals surface area contributed by atoms with Crippen LogP contribution in [0.2, 0.25) is 0 Å². The lowest BCUT2D eigenvalue weighted by Gasteiger charge is -2.13. The molecule has 36 heavy (non-hydrogen) atoms. The van der Waals surface area contributed by atoms with Crippen LogP contribution in [0.5, 0.6) is 5.75 Å². The molecule has 8 heteroatoms. The average molecular weight is 497 g/mol. The van der Waals surface area contributed by atoms with E-state index in [9.17, 15) is 17.6 Å². The second-order valence-corrected chi connectivity index (χ2v) is 8.22. The highest BCUT2D eigenvalue weighted by Gasteiger charge is 2.30. The first-order valence-corrected chi connectivity index (χ1v) is 11.1. The number of nitrogens with zero attached hydrogens (tertiary/aromatic N) is 2. The second-order valence-electron chi connectivity index (χ2n) is 8.22. The van der Waals surface area contributed by atoms with E-state index in [4.69, 9.17) is 9.57 Å². The first kappa shape index (κ1) is 25.0. The molecule has 0 radical (unpaired) electrons. The van der Waals surface area contributed by atoms with E-state index in [1.807, 2.05) is 41.8 Å². The number of benzene rings is 3. The number of hydrogen-bond donors (Lipinski definition) is 0. The summed E-state index contributed by atoms with van der Waals surface area (Å²) in [5.41, 5.74) is 4.34. The maximum Gasteiger partial charge on any atom is 0.416 e. The third-order valence-corrected chi connectivity index (χ3v) is 5.79. The molecule has 0 N–H and O–H groups in total. The molecule has 0 unspecified atom stereocenters. The molecule has 0 atom stereocenters. The average Bonchev–Trinajstić information content (AvgIpc) is 3.21. The molecule has 4 rings (SSSR count). The Bertz CT molecular complexity index is 1370. The summed E-state index contributed by atoms with van der Waals surface area (Å²) in [4.78, 5) is 5.41. The molecule has 3 aromatic carbocycles. The van der Waals surface area contributed by atoms with Gasteiger partial charge >= 0.3 is 6.18 Å². The van der Waals surface area contributed by atoms with Crippen molar-refractivity contribution in [1.29, 1.82) is 0 Å². The molecule has 0 fully saturated rings. The molecular weight excluding hydrogens is 472 g/mol. The highest BCUT2D eigenvalue weighted by atomic mass is 19.4. The second kappa shape index (κ2) is 10.3. The van der Waals surface area contributed by atoms with Gasteiger partial charge in [-0.1, -0.05) is 17.3 Å². The van der Waals surface area contributed by atoms with Crippen molar-refractivity contribution in [2.24, 2.45) is 5.16 Å². The van der Waals surface area contributed by atoms with Gasteiger partial charge in [-0.2, -0.15) is 13.2 Å². The fourth-order valence-electron chi connectivity index (χ4n) is 3.96. The molecule has 0 aliphatic rings. The fourth-order valence-corrected chi connectivity index (χ4v) is 3.96. The van der Waals surface area contributed by atoms with Crippen molar-refractivity contribution in [3.8, 4) is 22.7 Å². The van der Waals surface area contributed by atoms with Crippen LogP contribution in [-0.2, 0) is 17.6 Å². The molecule has 0 aliphatic carbocycles. The zero-order valence-electron chi connectivity index (χ0n) is 19.9. The summed E-state index contributed by atoms with van der Waals surface area (Å²) in [5, 5.41) is 4.17. The van der Waals surface area contributed by atoms with Crippen LogP contribution in [0.3, 0.4) is 0 Å². The van der Waals surface area contributed by atoms with Gasteiger partial charge in [-0.25, -0.2) is 4.39 Å². The molecule has 4 nitrogen and oxygen atoms in total. The minimum atomic E-state index is -4.42. The predicted octanol–water partition coefficient (Wildman–Crippen LogP) is 7.56. The van der Waals surface area contributed by atoms with Crippen LogP contribution in [0, 0.1) is 12.7 Å². The van der Waals surface area contributed by atoms with E-state index >= 15 is 0 Å². The normalized spacial score (nSPS) is 12.0. The topological polar surface area (TPSA) is 35.8 Å². The summed E-state index contributed by atoms with van der Waals surface area (Å²) >= 11 is 0. The number of oxime groups is 1. The highest BCUT2D eigenvalue weighted by molar-refractivity contribution is 6.01. The van der Waals surface area contributed by atoms with Gasteiger partial charge in [-0.05, 0) is 91.7 Å². The lowest BCUT2D eigenvalue weighted by Crippen LogP contribution is -2.05. The molecule has 0 spiro atoms. The van der Waals surface area contributed by atoms with Gasteiger partial charge in [0.15, 0.2) is 0 Å². The van der Waals surface area contributed by atoms with Crippen molar-refractivity contribution in [3.05, 3.63) is 107 Å². The van der Waals surface area contributed by atoms with Crippen molar-refractivity contribution < 1.29 is 27.1 Å². The number of alkyl halides is 3. The maximum absolute atomic E-state index is 13.6. The van der Waals surface area contributed by atoms with Gasteiger partial charge in [0.05, 0.1) is 24.1 Å². The van der Waals surface area contributed by atoms with Crippen LogP contribution in [0.25, 0.3) is 16.9 Å². The Morgan fingerprint density at radius 1 is 0.944 bits per heavy atom. The van der Waals surface area contributed by atoms with E-state index in [1.54, 1.807) is 32.2 Å². The molecule has 1 heterocycles.